The van der Waals surface area contributed by atoms with Crippen LogP contribution in [0.25, 0.3) is 22.6 Å². The first kappa shape index (κ1) is 18.6. The van der Waals surface area contributed by atoms with Crippen molar-refractivity contribution in [1.29, 1.82) is 0 Å². The molecule has 1 saturated heterocycles. The lowest BCUT2D eigenvalue weighted by Crippen LogP contribution is -2.24. The topological polar surface area (TPSA) is 119 Å². The molecule has 0 bridgehead atoms. The number of aliphatic hydroxyl groups excluding tert-OH is 2. The molecule has 2 aromatic heterocycles. The first-order valence-corrected chi connectivity index (χ1v) is 8.40. The van der Waals surface area contributed by atoms with Gasteiger partial charge in [0.2, 0.25) is 0 Å². The second-order valence-electron chi connectivity index (χ2n) is 6.43. The highest BCUT2D eigenvalue weighted by atomic mass is 19.4. The van der Waals surface area contributed by atoms with E-state index in [-0.39, 0.29) is 30.2 Å². The van der Waals surface area contributed by atoms with Gasteiger partial charge in [0.25, 0.3) is 0 Å². The lowest BCUT2D eigenvalue weighted by atomic mass is 10.1. The molecule has 1 fully saturated rings. The number of aliphatic hydroxyl groups is 2. The lowest BCUT2D eigenvalue weighted by Gasteiger charge is -2.17. The third-order valence-corrected chi connectivity index (χ3v) is 4.65. The number of benzene rings is 1. The van der Waals surface area contributed by atoms with Crippen molar-refractivity contribution in [3.63, 3.8) is 0 Å². The molecule has 3 heterocycles. The van der Waals surface area contributed by atoms with E-state index in [2.05, 4.69) is 15.0 Å². The average Bonchev–Trinajstić information content (AvgIpc) is 3.22. The van der Waals surface area contributed by atoms with Gasteiger partial charge in [0.1, 0.15) is 24.5 Å². The molecule has 0 amide bonds. The predicted molar refractivity (Wildman–Crippen MR) is 91.8 cm³/mol. The van der Waals surface area contributed by atoms with Gasteiger partial charge in [-0.15, -0.1) is 0 Å². The SMILES string of the molecule is Nc1ncnc2c1nc(-c1ccc(C(F)(F)F)cc1)n2[C@H]1C[C@H](O)[C@@H](CO)O1. The minimum absolute atomic E-state index is 0.106. The zero-order valence-corrected chi connectivity index (χ0v) is 14.3. The number of ether oxygens (including phenoxy) is 1. The minimum Gasteiger partial charge on any atom is -0.394 e. The third-order valence-electron chi connectivity index (χ3n) is 4.65. The Morgan fingerprint density at radius 2 is 1.93 bits per heavy atom. The smallest absolute Gasteiger partial charge is 0.394 e. The van der Waals surface area contributed by atoms with Gasteiger partial charge in [-0.05, 0) is 12.1 Å². The van der Waals surface area contributed by atoms with Crippen LogP contribution in [0.3, 0.4) is 0 Å². The fourth-order valence-corrected chi connectivity index (χ4v) is 3.25. The fraction of sp³-hybridized carbons (Fsp3) is 0.353. The lowest BCUT2D eigenvalue weighted by molar-refractivity contribution is -0.137. The number of halogens is 3. The van der Waals surface area contributed by atoms with Crippen molar-refractivity contribution >= 4 is 17.0 Å². The summed E-state index contributed by atoms with van der Waals surface area (Å²) in [5.41, 5.74) is 6.05. The van der Waals surface area contributed by atoms with E-state index in [4.69, 9.17) is 10.5 Å². The zero-order valence-electron chi connectivity index (χ0n) is 14.3. The van der Waals surface area contributed by atoms with Gasteiger partial charge in [0, 0.05) is 12.0 Å². The van der Waals surface area contributed by atoms with Crippen molar-refractivity contribution in [3.05, 3.63) is 36.2 Å². The van der Waals surface area contributed by atoms with E-state index >= 15 is 0 Å². The first-order chi connectivity index (χ1) is 13.3. The Hall–Kier alpha value is -2.76. The third kappa shape index (κ3) is 3.07. The number of nitrogens with two attached hydrogens (primary N) is 1. The standard InChI is InChI=1S/C17H16F3N5O3/c18-17(19,20)9-3-1-8(2-4-9)15-24-13-14(21)22-7-23-16(13)25(15)12-5-10(27)11(6-26)28-12/h1-4,7,10-12,26-27H,5-6H2,(H2,21,22,23)/t10-,11+,12+/m0/s1. The van der Waals surface area contributed by atoms with Crippen molar-refractivity contribution in [2.45, 2.75) is 31.0 Å². The number of hydrogen-bond acceptors (Lipinski definition) is 7. The average molecular weight is 395 g/mol. The molecule has 8 nitrogen and oxygen atoms in total. The van der Waals surface area contributed by atoms with Crippen molar-refractivity contribution < 1.29 is 28.1 Å². The number of rotatable bonds is 3. The summed E-state index contributed by atoms with van der Waals surface area (Å²) >= 11 is 0. The van der Waals surface area contributed by atoms with Crippen molar-refractivity contribution in [1.82, 2.24) is 19.5 Å². The number of nitrogens with zero attached hydrogens (tertiary/aromatic N) is 4. The maximum Gasteiger partial charge on any atom is 0.416 e. The first-order valence-electron chi connectivity index (χ1n) is 8.40. The van der Waals surface area contributed by atoms with Gasteiger partial charge in [-0.25, -0.2) is 15.0 Å². The number of anilines is 1. The Bertz CT molecular complexity index is 1010. The normalized spacial score (nSPS) is 22.8. The molecule has 0 unspecified atom stereocenters. The second kappa shape index (κ2) is 6.69. The van der Waals surface area contributed by atoms with Crippen molar-refractivity contribution in [2.24, 2.45) is 0 Å². The molecular formula is C17H16F3N5O3. The molecule has 0 spiro atoms. The molecule has 1 aliphatic heterocycles. The predicted octanol–water partition coefficient (Wildman–Crippen LogP) is 1.73. The maximum atomic E-state index is 12.9. The van der Waals surface area contributed by atoms with Gasteiger partial charge >= 0.3 is 6.18 Å². The summed E-state index contributed by atoms with van der Waals surface area (Å²) in [5, 5.41) is 19.4. The van der Waals surface area contributed by atoms with Gasteiger partial charge in [0.05, 0.1) is 18.3 Å². The van der Waals surface area contributed by atoms with Gasteiger partial charge in [-0.2, -0.15) is 13.2 Å². The number of imidazole rings is 1. The van der Waals surface area contributed by atoms with E-state index < -0.39 is 30.2 Å². The molecule has 11 heteroatoms. The Balaban J connectivity index is 1.85. The van der Waals surface area contributed by atoms with E-state index in [1.807, 2.05) is 0 Å². The van der Waals surface area contributed by atoms with Crippen LogP contribution < -0.4 is 5.73 Å². The zero-order chi connectivity index (χ0) is 20.1. The fourth-order valence-electron chi connectivity index (χ4n) is 3.25. The van der Waals surface area contributed by atoms with E-state index in [0.717, 1.165) is 12.1 Å². The minimum atomic E-state index is -4.46. The number of nitrogen functional groups attached to an aromatic ring is 1. The Morgan fingerprint density at radius 1 is 1.21 bits per heavy atom. The van der Waals surface area contributed by atoms with Crippen LogP contribution in [0.5, 0.6) is 0 Å². The highest BCUT2D eigenvalue weighted by molar-refractivity contribution is 5.85. The van der Waals surface area contributed by atoms with E-state index in [1.54, 1.807) is 4.57 Å². The van der Waals surface area contributed by atoms with Gasteiger partial charge in [0.15, 0.2) is 17.0 Å². The molecule has 1 aromatic carbocycles. The summed E-state index contributed by atoms with van der Waals surface area (Å²) in [4.78, 5) is 12.5. The molecule has 4 N–H and O–H groups in total. The van der Waals surface area contributed by atoms with Gasteiger partial charge in [-0.1, -0.05) is 12.1 Å². The summed E-state index contributed by atoms with van der Waals surface area (Å²) in [5.74, 6) is 0.376. The number of aromatic nitrogens is 4. The van der Waals surface area contributed by atoms with E-state index in [1.165, 1.54) is 18.5 Å². The highest BCUT2D eigenvalue weighted by Gasteiger charge is 2.37. The van der Waals surface area contributed by atoms with E-state index in [9.17, 15) is 23.4 Å². The number of alkyl halides is 3. The summed E-state index contributed by atoms with van der Waals surface area (Å²) < 4.78 is 45.8. The molecule has 3 aromatic rings. The number of fused-ring (bicyclic) bond motifs is 1. The van der Waals surface area contributed by atoms with Crippen LogP contribution in [0, 0.1) is 0 Å². The monoisotopic (exact) mass is 395 g/mol. The maximum absolute atomic E-state index is 12.9. The van der Waals surface area contributed by atoms with Crippen LogP contribution in [0.4, 0.5) is 19.0 Å². The van der Waals surface area contributed by atoms with Crippen LogP contribution in [0.2, 0.25) is 0 Å². The molecule has 4 rings (SSSR count). The van der Waals surface area contributed by atoms with Crippen LogP contribution in [0.1, 0.15) is 18.2 Å². The Morgan fingerprint density at radius 3 is 2.54 bits per heavy atom. The molecule has 0 saturated carbocycles. The summed E-state index contributed by atoms with van der Waals surface area (Å²) in [6.07, 6.45) is -5.50. The van der Waals surface area contributed by atoms with E-state index in [0.29, 0.717) is 11.2 Å². The second-order valence-corrected chi connectivity index (χ2v) is 6.43. The summed E-state index contributed by atoms with van der Waals surface area (Å²) in [7, 11) is 0. The van der Waals surface area contributed by atoms with Crippen LogP contribution in [-0.4, -0.2) is 48.5 Å². The molecular weight excluding hydrogens is 379 g/mol. The quantitative estimate of drug-likeness (QED) is 0.618. The van der Waals surface area contributed by atoms with Crippen LogP contribution in [-0.2, 0) is 10.9 Å². The molecule has 28 heavy (non-hydrogen) atoms. The summed E-state index contributed by atoms with van der Waals surface area (Å²) in [6.45, 7) is -0.378. The van der Waals surface area contributed by atoms with Crippen LogP contribution in [0.15, 0.2) is 30.6 Å². The molecule has 0 aliphatic carbocycles. The highest BCUT2D eigenvalue weighted by Crippen LogP contribution is 2.37. The Labute approximate surface area is 156 Å². The molecule has 3 atom stereocenters. The molecule has 0 radical (unpaired) electrons. The Kier molecular flexibility index (Phi) is 4.44. The number of hydrogen-bond donors (Lipinski definition) is 3. The summed E-state index contributed by atoms with van der Waals surface area (Å²) in [6, 6.07) is 4.49. The largest absolute Gasteiger partial charge is 0.416 e. The van der Waals surface area contributed by atoms with Gasteiger partial charge in [-0.3, -0.25) is 4.57 Å². The van der Waals surface area contributed by atoms with Crippen molar-refractivity contribution in [2.75, 3.05) is 12.3 Å². The van der Waals surface area contributed by atoms with Gasteiger partial charge < -0.3 is 20.7 Å². The van der Waals surface area contributed by atoms with Crippen LogP contribution >= 0.6 is 0 Å². The molecule has 148 valence electrons. The molecule has 1 aliphatic rings. The van der Waals surface area contributed by atoms with Crippen molar-refractivity contribution in [3.8, 4) is 11.4 Å².